The smallest absolute Gasteiger partial charge is 0.193 e. The van der Waals surface area contributed by atoms with E-state index in [1.165, 1.54) is 12.8 Å². The normalized spacial score (nSPS) is 17.9. The molecule has 0 amide bonds. The third-order valence-corrected chi connectivity index (χ3v) is 3.05. The van der Waals surface area contributed by atoms with E-state index in [1.807, 2.05) is 10.9 Å². The summed E-state index contributed by atoms with van der Waals surface area (Å²) in [7, 11) is 0. The third kappa shape index (κ3) is 3.22. The zero-order valence-corrected chi connectivity index (χ0v) is 10.6. The van der Waals surface area contributed by atoms with Gasteiger partial charge in [0.2, 0.25) is 0 Å². The largest absolute Gasteiger partial charge is 0.370 e. The van der Waals surface area contributed by atoms with Gasteiger partial charge in [0.1, 0.15) is 0 Å². The molecule has 17 heavy (non-hydrogen) atoms. The lowest BCUT2D eigenvalue weighted by molar-refractivity contribution is 0.532. The predicted molar refractivity (Wildman–Crippen MR) is 70.1 cm³/mol. The van der Waals surface area contributed by atoms with Gasteiger partial charge in [0.15, 0.2) is 5.96 Å². The van der Waals surface area contributed by atoms with E-state index in [2.05, 4.69) is 29.3 Å². The average molecular weight is 235 g/mol. The minimum Gasteiger partial charge on any atom is -0.370 e. The number of nitrogens with two attached hydrogens (primary N) is 1. The van der Waals surface area contributed by atoms with Crippen LogP contribution in [0.1, 0.15) is 45.6 Å². The molecule has 0 aliphatic heterocycles. The molecule has 0 bridgehead atoms. The van der Waals surface area contributed by atoms with Gasteiger partial charge in [0.05, 0.1) is 17.9 Å². The van der Waals surface area contributed by atoms with Crippen molar-refractivity contribution in [3.8, 4) is 0 Å². The Hall–Kier alpha value is -1.52. The molecule has 0 aromatic carbocycles. The lowest BCUT2D eigenvalue weighted by Gasteiger charge is -2.07. The summed E-state index contributed by atoms with van der Waals surface area (Å²) in [6.07, 6.45) is 8.58. The minimum atomic E-state index is 0.360. The van der Waals surface area contributed by atoms with E-state index in [9.17, 15) is 0 Å². The summed E-state index contributed by atoms with van der Waals surface area (Å²) < 4.78 is 1.89. The first-order valence-corrected chi connectivity index (χ1v) is 6.29. The summed E-state index contributed by atoms with van der Waals surface area (Å²) in [4.78, 5) is 4.47. The standard InChI is InChI=1S/C12H21N5/c1-9(2)17-8-11(7-14-17)16-12(13)15-10-5-3-4-6-10/h7-10H,3-6H2,1-2H3,(H3,13,15,16). The maximum absolute atomic E-state index is 5.87. The summed E-state index contributed by atoms with van der Waals surface area (Å²) in [5.41, 5.74) is 6.77. The molecule has 1 saturated carbocycles. The Morgan fingerprint density at radius 2 is 2.24 bits per heavy atom. The topological polar surface area (TPSA) is 68.2 Å². The summed E-state index contributed by atoms with van der Waals surface area (Å²) in [5, 5.41) is 7.33. The van der Waals surface area contributed by atoms with Gasteiger partial charge in [0, 0.05) is 12.2 Å². The molecule has 1 fully saturated rings. The van der Waals surface area contributed by atoms with Gasteiger partial charge in [-0.1, -0.05) is 12.8 Å². The van der Waals surface area contributed by atoms with Gasteiger partial charge in [-0.3, -0.25) is 4.68 Å². The molecule has 5 nitrogen and oxygen atoms in total. The maximum atomic E-state index is 5.87. The van der Waals surface area contributed by atoms with Gasteiger partial charge in [0.25, 0.3) is 0 Å². The van der Waals surface area contributed by atoms with E-state index in [1.54, 1.807) is 6.20 Å². The third-order valence-electron chi connectivity index (χ3n) is 3.05. The van der Waals surface area contributed by atoms with Crippen LogP contribution in [0.4, 0.5) is 5.69 Å². The number of aliphatic imine (C=N–C) groups is 1. The van der Waals surface area contributed by atoms with E-state index >= 15 is 0 Å². The van der Waals surface area contributed by atoms with E-state index in [0.29, 0.717) is 18.0 Å². The number of hydrogen-bond acceptors (Lipinski definition) is 2. The summed E-state index contributed by atoms with van der Waals surface area (Å²) in [6.45, 7) is 4.18. The molecule has 0 radical (unpaired) electrons. The van der Waals surface area contributed by atoms with Crippen molar-refractivity contribution in [2.24, 2.45) is 10.7 Å². The molecule has 5 heteroatoms. The molecular formula is C12H21N5. The van der Waals surface area contributed by atoms with E-state index < -0.39 is 0 Å². The van der Waals surface area contributed by atoms with Crippen molar-refractivity contribution in [1.29, 1.82) is 0 Å². The number of nitrogens with one attached hydrogen (secondary N) is 1. The number of nitrogens with zero attached hydrogens (tertiary/aromatic N) is 3. The fourth-order valence-corrected chi connectivity index (χ4v) is 2.10. The van der Waals surface area contributed by atoms with Gasteiger partial charge in [-0.05, 0) is 26.7 Å². The first kappa shape index (κ1) is 12.0. The van der Waals surface area contributed by atoms with Crippen molar-refractivity contribution in [1.82, 2.24) is 9.78 Å². The number of hydrogen-bond donors (Lipinski definition) is 2. The first-order chi connectivity index (χ1) is 8.15. The minimum absolute atomic E-state index is 0.360. The van der Waals surface area contributed by atoms with Crippen LogP contribution in [0.15, 0.2) is 17.4 Å². The van der Waals surface area contributed by atoms with Crippen molar-refractivity contribution < 1.29 is 0 Å². The molecule has 1 aromatic heterocycles. The van der Waals surface area contributed by atoms with Gasteiger partial charge >= 0.3 is 0 Å². The Labute approximate surface area is 102 Å². The molecule has 0 spiro atoms. The van der Waals surface area contributed by atoms with Crippen molar-refractivity contribution >= 4 is 11.6 Å². The molecular weight excluding hydrogens is 214 g/mol. The van der Waals surface area contributed by atoms with Crippen LogP contribution in [0.25, 0.3) is 0 Å². The Bertz CT molecular complexity index is 387. The number of aromatic nitrogens is 2. The van der Waals surface area contributed by atoms with Crippen molar-refractivity contribution in [2.45, 2.75) is 51.6 Å². The zero-order valence-electron chi connectivity index (χ0n) is 10.6. The van der Waals surface area contributed by atoms with Gasteiger partial charge in [-0.15, -0.1) is 0 Å². The molecule has 0 unspecified atom stereocenters. The first-order valence-electron chi connectivity index (χ1n) is 6.29. The van der Waals surface area contributed by atoms with Crippen LogP contribution in [-0.2, 0) is 0 Å². The Morgan fingerprint density at radius 1 is 1.53 bits per heavy atom. The van der Waals surface area contributed by atoms with Gasteiger partial charge < -0.3 is 11.1 Å². The van der Waals surface area contributed by atoms with Gasteiger partial charge in [-0.25, -0.2) is 4.99 Å². The van der Waals surface area contributed by atoms with Crippen LogP contribution in [0.3, 0.4) is 0 Å². The van der Waals surface area contributed by atoms with Crippen molar-refractivity contribution in [3.63, 3.8) is 0 Å². The molecule has 1 aliphatic rings. The van der Waals surface area contributed by atoms with Crippen LogP contribution < -0.4 is 11.1 Å². The molecule has 1 aromatic rings. The number of guanidine groups is 1. The molecule has 1 aliphatic carbocycles. The monoisotopic (exact) mass is 235 g/mol. The van der Waals surface area contributed by atoms with Crippen molar-refractivity contribution in [3.05, 3.63) is 12.4 Å². The van der Waals surface area contributed by atoms with E-state index in [0.717, 1.165) is 18.5 Å². The molecule has 3 N–H and O–H groups in total. The Kier molecular flexibility index (Phi) is 3.66. The number of anilines is 1. The highest BCUT2D eigenvalue weighted by Gasteiger charge is 2.14. The van der Waals surface area contributed by atoms with Crippen LogP contribution in [-0.4, -0.2) is 21.8 Å². The highest BCUT2D eigenvalue weighted by atomic mass is 15.3. The molecule has 0 saturated heterocycles. The second kappa shape index (κ2) is 5.21. The SMILES string of the molecule is CC(C)n1cc(NC(N)=NC2CCCC2)cn1. The highest BCUT2D eigenvalue weighted by Crippen LogP contribution is 2.20. The Balaban J connectivity index is 1.94. The fraction of sp³-hybridized carbons (Fsp3) is 0.667. The van der Waals surface area contributed by atoms with Crippen molar-refractivity contribution in [2.75, 3.05) is 5.32 Å². The quantitative estimate of drug-likeness (QED) is 0.623. The van der Waals surface area contributed by atoms with E-state index in [4.69, 9.17) is 5.73 Å². The summed E-state index contributed by atoms with van der Waals surface area (Å²) in [6, 6.07) is 0.765. The maximum Gasteiger partial charge on any atom is 0.193 e. The average Bonchev–Trinajstić information content (AvgIpc) is 2.88. The lowest BCUT2D eigenvalue weighted by atomic mass is 10.3. The van der Waals surface area contributed by atoms with Crippen LogP contribution in [0.5, 0.6) is 0 Å². The highest BCUT2D eigenvalue weighted by molar-refractivity contribution is 5.92. The van der Waals surface area contributed by atoms with Gasteiger partial charge in [-0.2, -0.15) is 5.10 Å². The molecule has 0 atom stereocenters. The van der Waals surface area contributed by atoms with Crippen LogP contribution in [0, 0.1) is 0 Å². The van der Waals surface area contributed by atoms with Crippen LogP contribution in [0.2, 0.25) is 0 Å². The lowest BCUT2D eigenvalue weighted by Crippen LogP contribution is -2.24. The molecule has 94 valence electrons. The second-order valence-electron chi connectivity index (χ2n) is 4.88. The fourth-order valence-electron chi connectivity index (χ4n) is 2.10. The second-order valence-corrected chi connectivity index (χ2v) is 4.88. The summed E-state index contributed by atoms with van der Waals surface area (Å²) in [5.74, 6) is 0.500. The van der Waals surface area contributed by atoms with E-state index in [-0.39, 0.29) is 0 Å². The zero-order chi connectivity index (χ0) is 12.3. The predicted octanol–water partition coefficient (Wildman–Crippen LogP) is 2.13. The van der Waals surface area contributed by atoms with Crippen LogP contribution >= 0.6 is 0 Å². The summed E-state index contributed by atoms with van der Waals surface area (Å²) >= 11 is 0. The Morgan fingerprint density at radius 3 is 2.82 bits per heavy atom. The molecule has 1 heterocycles. The molecule has 2 rings (SSSR count). The number of rotatable bonds is 3.